The van der Waals surface area contributed by atoms with Crippen molar-refractivity contribution in [2.45, 2.75) is 20.3 Å². The van der Waals surface area contributed by atoms with Crippen LogP contribution in [0.3, 0.4) is 0 Å². The number of nitrogens with zero attached hydrogens (tertiary/aromatic N) is 1. The van der Waals surface area contributed by atoms with E-state index in [1.807, 2.05) is 0 Å². The second-order valence-corrected chi connectivity index (χ2v) is 3.44. The van der Waals surface area contributed by atoms with Crippen LogP contribution in [0.25, 0.3) is 0 Å². The number of aryl methyl sites for hydroxylation is 1. The molecule has 17 heavy (non-hydrogen) atoms. The van der Waals surface area contributed by atoms with Crippen LogP contribution in [0.15, 0.2) is 12.1 Å². The monoisotopic (exact) mass is 241 g/mol. The van der Waals surface area contributed by atoms with Crippen LogP contribution in [0.2, 0.25) is 0 Å². The fraction of sp³-hybridized carbons (Fsp3) is 0.364. The van der Waals surface area contributed by atoms with Crippen molar-refractivity contribution >= 4 is 11.7 Å². The van der Waals surface area contributed by atoms with Crippen molar-refractivity contribution in [3.8, 4) is 0 Å². The number of benzene rings is 1. The van der Waals surface area contributed by atoms with Crippen molar-refractivity contribution in [2.75, 3.05) is 6.61 Å². The third kappa shape index (κ3) is 2.99. The predicted molar refractivity (Wildman–Crippen MR) is 58.1 cm³/mol. The molecular formula is C11H12FNO4. The normalized spacial score (nSPS) is 10.1. The summed E-state index contributed by atoms with van der Waals surface area (Å²) in [6.45, 7) is 3.26. The number of carbonyl (C=O) groups is 1. The molecule has 0 fully saturated rings. The molecule has 0 aliphatic carbocycles. The fourth-order valence-corrected chi connectivity index (χ4v) is 1.43. The van der Waals surface area contributed by atoms with Crippen LogP contribution in [-0.4, -0.2) is 17.5 Å². The number of carbonyl (C=O) groups excluding carboxylic acids is 1. The zero-order valence-corrected chi connectivity index (χ0v) is 9.53. The van der Waals surface area contributed by atoms with Crippen LogP contribution in [0.5, 0.6) is 0 Å². The summed E-state index contributed by atoms with van der Waals surface area (Å²) < 4.78 is 18.4. The zero-order chi connectivity index (χ0) is 13.0. The zero-order valence-electron chi connectivity index (χ0n) is 9.53. The van der Waals surface area contributed by atoms with Gasteiger partial charge in [0.05, 0.1) is 18.0 Å². The number of hydrogen-bond acceptors (Lipinski definition) is 4. The van der Waals surface area contributed by atoms with Gasteiger partial charge in [-0.1, -0.05) is 12.1 Å². The lowest BCUT2D eigenvalue weighted by Crippen LogP contribution is -2.10. The Hall–Kier alpha value is -1.98. The first-order chi connectivity index (χ1) is 7.97. The summed E-state index contributed by atoms with van der Waals surface area (Å²) in [5.41, 5.74) is -0.396. The van der Waals surface area contributed by atoms with Gasteiger partial charge in [-0.3, -0.25) is 14.9 Å². The average Bonchev–Trinajstić information content (AvgIpc) is 2.22. The molecule has 0 aliphatic heterocycles. The molecule has 1 aromatic carbocycles. The standard InChI is InChI=1S/C11H12FNO4/c1-3-17-9(14)6-8-5-4-7(2)11(10(8)12)13(15)16/h4-5H,3,6H2,1-2H3. The summed E-state index contributed by atoms with van der Waals surface area (Å²) in [4.78, 5) is 21.0. The molecule has 0 aromatic heterocycles. The molecule has 0 atom stereocenters. The highest BCUT2D eigenvalue weighted by Crippen LogP contribution is 2.25. The van der Waals surface area contributed by atoms with Crippen molar-refractivity contribution in [3.63, 3.8) is 0 Å². The van der Waals surface area contributed by atoms with E-state index in [2.05, 4.69) is 4.74 Å². The number of nitro benzene ring substituents is 1. The van der Waals surface area contributed by atoms with Crippen molar-refractivity contribution < 1.29 is 18.8 Å². The smallest absolute Gasteiger partial charge is 0.310 e. The number of hydrogen-bond donors (Lipinski definition) is 0. The van der Waals surface area contributed by atoms with E-state index >= 15 is 0 Å². The molecule has 5 nitrogen and oxygen atoms in total. The summed E-state index contributed by atoms with van der Waals surface area (Å²) >= 11 is 0. The summed E-state index contributed by atoms with van der Waals surface area (Å²) in [6.07, 6.45) is -0.305. The maximum absolute atomic E-state index is 13.7. The molecule has 92 valence electrons. The number of esters is 1. The van der Waals surface area contributed by atoms with Crippen LogP contribution >= 0.6 is 0 Å². The van der Waals surface area contributed by atoms with Gasteiger partial charge in [0, 0.05) is 11.1 Å². The second kappa shape index (κ2) is 5.38. The van der Waals surface area contributed by atoms with Crippen LogP contribution in [0.4, 0.5) is 10.1 Å². The van der Waals surface area contributed by atoms with Crippen LogP contribution in [0.1, 0.15) is 18.1 Å². The fourth-order valence-electron chi connectivity index (χ4n) is 1.43. The minimum atomic E-state index is -0.969. The molecule has 0 heterocycles. The Bertz CT molecular complexity index is 459. The van der Waals surface area contributed by atoms with Crippen molar-refractivity contribution in [1.29, 1.82) is 0 Å². The van der Waals surface area contributed by atoms with E-state index in [4.69, 9.17) is 0 Å². The molecule has 0 unspecified atom stereocenters. The van der Waals surface area contributed by atoms with Crippen LogP contribution in [0, 0.1) is 22.9 Å². The minimum Gasteiger partial charge on any atom is -0.466 e. The first-order valence-electron chi connectivity index (χ1n) is 5.05. The molecule has 0 N–H and O–H groups in total. The van der Waals surface area contributed by atoms with E-state index in [0.29, 0.717) is 0 Å². The number of ether oxygens (including phenoxy) is 1. The van der Waals surface area contributed by atoms with Gasteiger partial charge < -0.3 is 4.74 Å². The third-order valence-electron chi connectivity index (χ3n) is 2.22. The Morgan fingerprint density at radius 3 is 2.71 bits per heavy atom. The van der Waals surface area contributed by atoms with Gasteiger partial charge in [-0.2, -0.15) is 4.39 Å². The lowest BCUT2D eigenvalue weighted by Gasteiger charge is -2.05. The molecule has 0 amide bonds. The Balaban J connectivity index is 3.07. The summed E-state index contributed by atoms with van der Waals surface area (Å²) in [6, 6.07) is 2.77. The molecular weight excluding hydrogens is 229 g/mol. The number of nitro groups is 1. The molecule has 6 heteroatoms. The molecule has 0 aliphatic rings. The van der Waals surface area contributed by atoms with E-state index in [-0.39, 0.29) is 24.2 Å². The summed E-state index contributed by atoms with van der Waals surface area (Å²) in [7, 11) is 0. The maximum Gasteiger partial charge on any atom is 0.310 e. The van der Waals surface area contributed by atoms with Gasteiger partial charge in [-0.05, 0) is 13.8 Å². The quantitative estimate of drug-likeness (QED) is 0.460. The number of rotatable bonds is 4. The molecule has 1 aromatic rings. The SMILES string of the molecule is CCOC(=O)Cc1ccc(C)c([N+](=O)[O-])c1F. The highest BCUT2D eigenvalue weighted by atomic mass is 19.1. The lowest BCUT2D eigenvalue weighted by molar-refractivity contribution is -0.388. The highest BCUT2D eigenvalue weighted by molar-refractivity contribution is 5.73. The Labute approximate surface area is 97.3 Å². The molecule has 0 radical (unpaired) electrons. The largest absolute Gasteiger partial charge is 0.466 e. The van der Waals surface area contributed by atoms with Gasteiger partial charge in [0.2, 0.25) is 5.82 Å². The summed E-state index contributed by atoms with van der Waals surface area (Å²) in [5, 5.41) is 10.7. The van der Waals surface area contributed by atoms with Gasteiger partial charge in [-0.15, -0.1) is 0 Å². The predicted octanol–water partition coefficient (Wildman–Crippen LogP) is 2.15. The average molecular weight is 241 g/mol. The molecule has 0 saturated heterocycles. The topological polar surface area (TPSA) is 69.4 Å². The van der Waals surface area contributed by atoms with E-state index in [1.54, 1.807) is 6.92 Å². The van der Waals surface area contributed by atoms with Crippen molar-refractivity contribution in [2.24, 2.45) is 0 Å². The molecule has 0 saturated carbocycles. The Morgan fingerprint density at radius 2 is 2.18 bits per heavy atom. The summed E-state index contributed by atoms with van der Waals surface area (Å²) in [5.74, 6) is -1.58. The second-order valence-electron chi connectivity index (χ2n) is 3.44. The van der Waals surface area contributed by atoms with Crippen molar-refractivity contribution in [3.05, 3.63) is 39.2 Å². The van der Waals surface area contributed by atoms with E-state index < -0.39 is 22.4 Å². The van der Waals surface area contributed by atoms with E-state index in [9.17, 15) is 19.3 Å². The van der Waals surface area contributed by atoms with Gasteiger partial charge in [-0.25, -0.2) is 0 Å². The first-order valence-corrected chi connectivity index (χ1v) is 5.05. The maximum atomic E-state index is 13.7. The van der Waals surface area contributed by atoms with E-state index in [0.717, 1.165) is 0 Å². The van der Waals surface area contributed by atoms with Gasteiger partial charge >= 0.3 is 11.7 Å². The van der Waals surface area contributed by atoms with Gasteiger partial charge in [0.15, 0.2) is 0 Å². The van der Waals surface area contributed by atoms with Crippen molar-refractivity contribution in [1.82, 2.24) is 0 Å². The first kappa shape index (κ1) is 13.1. The third-order valence-corrected chi connectivity index (χ3v) is 2.22. The Morgan fingerprint density at radius 1 is 1.53 bits per heavy atom. The highest BCUT2D eigenvalue weighted by Gasteiger charge is 2.22. The molecule has 0 bridgehead atoms. The molecule has 0 spiro atoms. The number of halogens is 1. The van der Waals surface area contributed by atoms with E-state index in [1.165, 1.54) is 19.1 Å². The van der Waals surface area contributed by atoms with Crippen LogP contribution < -0.4 is 0 Å². The van der Waals surface area contributed by atoms with Crippen LogP contribution in [-0.2, 0) is 16.0 Å². The lowest BCUT2D eigenvalue weighted by atomic mass is 10.1. The Kier molecular flexibility index (Phi) is 4.14. The minimum absolute atomic E-state index is 0.0271. The molecule has 1 rings (SSSR count). The van der Waals surface area contributed by atoms with Gasteiger partial charge in [0.25, 0.3) is 0 Å². The van der Waals surface area contributed by atoms with Gasteiger partial charge in [0.1, 0.15) is 0 Å².